The van der Waals surface area contributed by atoms with Crippen molar-refractivity contribution in [3.05, 3.63) is 11.6 Å². The summed E-state index contributed by atoms with van der Waals surface area (Å²) in [5, 5.41) is 0. The minimum Gasteiger partial charge on any atom is -0.451 e. The van der Waals surface area contributed by atoms with Gasteiger partial charge in [0.1, 0.15) is 0 Å². The number of fused-ring (bicyclic) bond motifs is 7. The molecule has 29 heavy (non-hydrogen) atoms. The molecule has 8 atom stereocenters. The molecule has 0 amide bonds. The van der Waals surface area contributed by atoms with Crippen LogP contribution in [0.4, 0.5) is 0 Å². The fourth-order valence-corrected chi connectivity index (χ4v) is 8.33. The number of hydrogen-bond acceptors (Lipinski definition) is 5. The van der Waals surface area contributed by atoms with Crippen LogP contribution in [0.3, 0.4) is 0 Å². The smallest absolute Gasteiger partial charge is 0.303 e. The molecule has 156 valence electrons. The van der Waals surface area contributed by atoms with E-state index >= 15 is 0 Å². The number of carbonyl (C=O) groups excluding carboxylic acids is 4. The van der Waals surface area contributed by atoms with Gasteiger partial charge in [-0.2, -0.15) is 0 Å². The lowest BCUT2D eigenvalue weighted by Gasteiger charge is -2.58. The van der Waals surface area contributed by atoms with Gasteiger partial charge in [0.25, 0.3) is 0 Å². The Labute approximate surface area is 171 Å². The standard InChI is InChI=1S/C24H30O5/c1-12(25)24(29-13(2)26)8-6-16-14-10-21(28)19-11-20(27)15-9-18(15)23(19,4)17(14)5-7-22(16,24)3/h11,14-18H,5-10H2,1-4H3. The third-order valence-electron chi connectivity index (χ3n) is 9.73. The summed E-state index contributed by atoms with van der Waals surface area (Å²) in [4.78, 5) is 50.2. The van der Waals surface area contributed by atoms with Crippen LogP contribution in [0.5, 0.6) is 0 Å². The zero-order valence-electron chi connectivity index (χ0n) is 17.7. The van der Waals surface area contributed by atoms with Gasteiger partial charge >= 0.3 is 5.97 Å². The van der Waals surface area contributed by atoms with Crippen molar-refractivity contribution in [2.45, 2.75) is 71.8 Å². The van der Waals surface area contributed by atoms with E-state index in [-0.39, 0.29) is 40.5 Å². The quantitative estimate of drug-likeness (QED) is 0.666. The molecular weight excluding hydrogens is 368 g/mol. The molecule has 4 saturated carbocycles. The zero-order valence-corrected chi connectivity index (χ0v) is 17.7. The normalized spacial score (nSPS) is 49.9. The molecule has 0 spiro atoms. The number of hydrogen-bond donors (Lipinski definition) is 0. The van der Waals surface area contributed by atoms with Crippen LogP contribution in [0.25, 0.3) is 0 Å². The molecule has 5 aliphatic carbocycles. The fraction of sp³-hybridized carbons (Fsp3) is 0.750. The molecular formula is C24H30O5. The highest BCUT2D eigenvalue weighted by molar-refractivity contribution is 6.08. The molecule has 5 aliphatic rings. The lowest BCUT2D eigenvalue weighted by atomic mass is 9.45. The highest BCUT2D eigenvalue weighted by atomic mass is 16.6. The number of esters is 1. The van der Waals surface area contributed by atoms with Crippen molar-refractivity contribution < 1.29 is 23.9 Å². The molecule has 0 bridgehead atoms. The predicted octanol–water partition coefficient (Wildman–Crippen LogP) is 3.44. The molecule has 0 radical (unpaired) electrons. The molecule has 0 aliphatic heterocycles. The fourth-order valence-electron chi connectivity index (χ4n) is 8.33. The molecule has 5 rings (SSSR count). The van der Waals surface area contributed by atoms with Crippen LogP contribution in [0.1, 0.15) is 66.2 Å². The molecule has 0 aromatic heterocycles. The SMILES string of the molecule is CC(=O)OC1(C(C)=O)CCC2C3CC(=O)C4=CC(=O)C5CC5C4(C)C3CCC21C. The first kappa shape index (κ1) is 19.2. The van der Waals surface area contributed by atoms with Crippen LogP contribution in [-0.4, -0.2) is 28.9 Å². The first-order valence-electron chi connectivity index (χ1n) is 11.1. The molecule has 4 fully saturated rings. The Morgan fingerprint density at radius 3 is 2.38 bits per heavy atom. The summed E-state index contributed by atoms with van der Waals surface area (Å²) in [6, 6.07) is 0. The van der Waals surface area contributed by atoms with Crippen LogP contribution in [-0.2, 0) is 23.9 Å². The molecule has 0 heterocycles. The third kappa shape index (κ3) is 2.17. The van der Waals surface area contributed by atoms with E-state index in [2.05, 4.69) is 13.8 Å². The van der Waals surface area contributed by atoms with E-state index in [1.165, 1.54) is 6.92 Å². The minimum absolute atomic E-state index is 0.0735. The first-order valence-corrected chi connectivity index (χ1v) is 11.1. The Bertz CT molecular complexity index is 886. The molecule has 5 nitrogen and oxygen atoms in total. The van der Waals surface area contributed by atoms with E-state index in [1.54, 1.807) is 13.0 Å². The molecule has 8 unspecified atom stereocenters. The second-order valence-electron chi connectivity index (χ2n) is 10.7. The van der Waals surface area contributed by atoms with E-state index < -0.39 is 17.0 Å². The Morgan fingerprint density at radius 1 is 1.03 bits per heavy atom. The Hall–Kier alpha value is -1.78. The summed E-state index contributed by atoms with van der Waals surface area (Å²) in [6.45, 7) is 7.24. The average molecular weight is 398 g/mol. The van der Waals surface area contributed by atoms with Crippen LogP contribution < -0.4 is 0 Å². The largest absolute Gasteiger partial charge is 0.451 e. The lowest BCUT2D eigenvalue weighted by Crippen LogP contribution is -2.59. The molecule has 0 N–H and O–H groups in total. The summed E-state index contributed by atoms with van der Waals surface area (Å²) < 4.78 is 5.79. The van der Waals surface area contributed by atoms with E-state index in [0.29, 0.717) is 24.7 Å². The van der Waals surface area contributed by atoms with Crippen LogP contribution in [0.2, 0.25) is 0 Å². The van der Waals surface area contributed by atoms with Gasteiger partial charge in [-0.3, -0.25) is 19.2 Å². The van der Waals surface area contributed by atoms with E-state index in [9.17, 15) is 19.2 Å². The van der Waals surface area contributed by atoms with E-state index in [4.69, 9.17) is 4.74 Å². The zero-order chi connectivity index (χ0) is 20.9. The van der Waals surface area contributed by atoms with Crippen molar-refractivity contribution in [1.82, 2.24) is 0 Å². The van der Waals surface area contributed by atoms with Crippen molar-refractivity contribution in [2.24, 2.45) is 40.4 Å². The highest BCUT2D eigenvalue weighted by Gasteiger charge is 2.71. The predicted molar refractivity (Wildman–Crippen MR) is 105 cm³/mol. The van der Waals surface area contributed by atoms with Crippen molar-refractivity contribution in [2.75, 3.05) is 0 Å². The van der Waals surface area contributed by atoms with Crippen LogP contribution in [0.15, 0.2) is 11.6 Å². The molecule has 0 aromatic carbocycles. The minimum atomic E-state index is -1.07. The molecule has 5 heteroatoms. The first-order chi connectivity index (χ1) is 13.6. The number of ketones is 3. The van der Waals surface area contributed by atoms with Gasteiger partial charge in [0, 0.05) is 35.7 Å². The summed E-state index contributed by atoms with van der Waals surface area (Å²) in [5.74, 6) is 0.895. The summed E-state index contributed by atoms with van der Waals surface area (Å²) >= 11 is 0. The molecule has 0 aromatic rings. The van der Waals surface area contributed by atoms with Gasteiger partial charge < -0.3 is 4.74 Å². The Morgan fingerprint density at radius 2 is 1.72 bits per heavy atom. The van der Waals surface area contributed by atoms with Crippen molar-refractivity contribution in [1.29, 1.82) is 0 Å². The number of Topliss-reactive ketones (excluding diaryl/α,β-unsaturated/α-hetero) is 2. The van der Waals surface area contributed by atoms with E-state index in [1.807, 2.05) is 0 Å². The topological polar surface area (TPSA) is 77.5 Å². The number of rotatable bonds is 2. The van der Waals surface area contributed by atoms with Crippen LogP contribution in [0, 0.1) is 40.4 Å². The van der Waals surface area contributed by atoms with Gasteiger partial charge in [0.05, 0.1) is 0 Å². The summed E-state index contributed by atoms with van der Waals surface area (Å²) in [6.07, 6.45) is 6.09. The highest BCUT2D eigenvalue weighted by Crippen LogP contribution is 2.72. The maximum atomic E-state index is 13.2. The van der Waals surface area contributed by atoms with Gasteiger partial charge in [0.2, 0.25) is 0 Å². The maximum Gasteiger partial charge on any atom is 0.303 e. The number of ether oxygens (including phenoxy) is 1. The average Bonchev–Trinajstić information content (AvgIpc) is 3.39. The third-order valence-corrected chi connectivity index (χ3v) is 9.73. The van der Waals surface area contributed by atoms with Gasteiger partial charge in [-0.15, -0.1) is 0 Å². The van der Waals surface area contributed by atoms with Gasteiger partial charge in [0.15, 0.2) is 23.0 Å². The second kappa shape index (κ2) is 5.67. The lowest BCUT2D eigenvalue weighted by molar-refractivity contribution is -0.187. The maximum absolute atomic E-state index is 13.2. The van der Waals surface area contributed by atoms with Crippen molar-refractivity contribution in [3.8, 4) is 0 Å². The van der Waals surface area contributed by atoms with E-state index in [0.717, 1.165) is 31.3 Å². The number of carbonyl (C=O) groups is 4. The summed E-state index contributed by atoms with van der Waals surface area (Å²) in [7, 11) is 0. The number of allylic oxidation sites excluding steroid dienone is 1. The Kier molecular flexibility index (Phi) is 3.76. The Balaban J connectivity index is 1.56. The van der Waals surface area contributed by atoms with Gasteiger partial charge in [-0.05, 0) is 68.8 Å². The van der Waals surface area contributed by atoms with Crippen LogP contribution >= 0.6 is 0 Å². The van der Waals surface area contributed by atoms with Gasteiger partial charge in [-0.25, -0.2) is 0 Å². The molecule has 0 saturated heterocycles. The monoisotopic (exact) mass is 398 g/mol. The van der Waals surface area contributed by atoms with Crippen molar-refractivity contribution >= 4 is 23.3 Å². The summed E-state index contributed by atoms with van der Waals surface area (Å²) in [5.41, 5.74) is -0.958. The van der Waals surface area contributed by atoms with Gasteiger partial charge in [-0.1, -0.05) is 13.8 Å². The second-order valence-corrected chi connectivity index (χ2v) is 10.7. The van der Waals surface area contributed by atoms with Crippen molar-refractivity contribution in [3.63, 3.8) is 0 Å².